The molecule has 23 heavy (non-hydrogen) atoms. The molecule has 0 aliphatic carbocycles. The molecule has 1 atom stereocenters. The van der Waals surface area contributed by atoms with E-state index in [0.717, 1.165) is 28.3 Å². The Morgan fingerprint density at radius 2 is 2.04 bits per heavy atom. The fourth-order valence-corrected chi connectivity index (χ4v) is 3.98. The molecule has 1 aliphatic rings. The first-order valence-electron chi connectivity index (χ1n) is 7.59. The summed E-state index contributed by atoms with van der Waals surface area (Å²) in [6.07, 6.45) is 1.82. The van der Waals surface area contributed by atoms with Gasteiger partial charge in [0.15, 0.2) is 5.13 Å². The maximum atomic E-state index is 12.5. The molecule has 1 aromatic carbocycles. The summed E-state index contributed by atoms with van der Waals surface area (Å²) in [7, 11) is 0. The molecule has 2 amide bonds. The van der Waals surface area contributed by atoms with Crippen LogP contribution in [0.15, 0.2) is 40.3 Å². The molecule has 0 radical (unpaired) electrons. The normalized spacial score (nSPS) is 16.3. The molecular formula is C16H19BrN4OS. The van der Waals surface area contributed by atoms with Gasteiger partial charge >= 0.3 is 6.03 Å². The first-order valence-corrected chi connectivity index (χ1v) is 9.26. The van der Waals surface area contributed by atoms with Crippen LogP contribution >= 0.6 is 27.3 Å². The second kappa shape index (κ2) is 7.31. The summed E-state index contributed by atoms with van der Waals surface area (Å²) in [5, 5.41) is 6.10. The van der Waals surface area contributed by atoms with Gasteiger partial charge in [0, 0.05) is 42.2 Å². The summed E-state index contributed by atoms with van der Waals surface area (Å²) in [5.41, 5.74) is 1.09. The molecule has 0 bridgehead atoms. The highest BCUT2D eigenvalue weighted by molar-refractivity contribution is 9.10. The highest BCUT2D eigenvalue weighted by Crippen LogP contribution is 2.23. The van der Waals surface area contributed by atoms with Crippen molar-refractivity contribution in [3.8, 4) is 0 Å². The van der Waals surface area contributed by atoms with Gasteiger partial charge in [-0.25, -0.2) is 9.78 Å². The van der Waals surface area contributed by atoms with Gasteiger partial charge in [-0.15, -0.1) is 11.3 Å². The van der Waals surface area contributed by atoms with Gasteiger partial charge in [-0.2, -0.15) is 0 Å². The van der Waals surface area contributed by atoms with E-state index in [1.165, 1.54) is 0 Å². The number of carbonyl (C=O) groups excluding carboxylic acids is 1. The molecule has 2 heterocycles. The zero-order valence-corrected chi connectivity index (χ0v) is 15.3. The Balaban J connectivity index is 1.54. The molecule has 1 aliphatic heterocycles. The number of benzene rings is 1. The van der Waals surface area contributed by atoms with Crippen molar-refractivity contribution in [3.63, 3.8) is 0 Å². The number of hydrogen-bond donors (Lipinski definition) is 1. The lowest BCUT2D eigenvalue weighted by Crippen LogP contribution is -2.52. The van der Waals surface area contributed by atoms with Crippen LogP contribution in [0.25, 0.3) is 0 Å². The molecule has 1 unspecified atom stereocenters. The number of hydrogen-bond acceptors (Lipinski definition) is 4. The fourth-order valence-electron chi connectivity index (χ4n) is 2.65. The van der Waals surface area contributed by atoms with Crippen molar-refractivity contribution in [3.05, 3.63) is 45.9 Å². The predicted molar refractivity (Wildman–Crippen MR) is 97.0 cm³/mol. The summed E-state index contributed by atoms with van der Waals surface area (Å²) in [5.74, 6) is 0. The average Bonchev–Trinajstić information content (AvgIpc) is 3.09. The third kappa shape index (κ3) is 3.84. The minimum absolute atomic E-state index is 0.00737. The molecule has 1 saturated heterocycles. The monoisotopic (exact) mass is 394 g/mol. The summed E-state index contributed by atoms with van der Waals surface area (Å²) in [6, 6.07) is 7.93. The van der Waals surface area contributed by atoms with Crippen molar-refractivity contribution in [1.29, 1.82) is 0 Å². The molecule has 0 spiro atoms. The van der Waals surface area contributed by atoms with E-state index in [9.17, 15) is 4.79 Å². The molecule has 1 aromatic heterocycles. The van der Waals surface area contributed by atoms with Crippen molar-refractivity contribution in [2.45, 2.75) is 13.0 Å². The molecule has 1 fully saturated rings. The second-order valence-electron chi connectivity index (χ2n) is 5.48. The third-order valence-electron chi connectivity index (χ3n) is 3.97. The largest absolute Gasteiger partial charge is 0.345 e. The lowest BCUT2D eigenvalue weighted by molar-refractivity contribution is 0.191. The number of nitrogens with zero attached hydrogens (tertiary/aromatic N) is 3. The molecule has 2 aromatic rings. The number of urea groups is 1. The van der Waals surface area contributed by atoms with E-state index in [0.29, 0.717) is 13.1 Å². The topological polar surface area (TPSA) is 48.5 Å². The number of anilines is 1. The zero-order chi connectivity index (χ0) is 16.2. The van der Waals surface area contributed by atoms with E-state index >= 15 is 0 Å². The SMILES string of the molecule is CC(NC(=O)N1CCN(c2nccs2)CC1)c1ccccc1Br. The molecule has 5 nitrogen and oxygen atoms in total. The fraction of sp³-hybridized carbons (Fsp3) is 0.375. The lowest BCUT2D eigenvalue weighted by atomic mass is 10.1. The van der Waals surface area contributed by atoms with Crippen LogP contribution in [0.5, 0.6) is 0 Å². The number of carbonyl (C=O) groups is 1. The molecule has 122 valence electrons. The second-order valence-corrected chi connectivity index (χ2v) is 7.21. The Hall–Kier alpha value is -1.60. The van der Waals surface area contributed by atoms with Gasteiger partial charge in [0.25, 0.3) is 0 Å². The van der Waals surface area contributed by atoms with E-state index in [4.69, 9.17) is 0 Å². The van der Waals surface area contributed by atoms with Gasteiger partial charge in [0.05, 0.1) is 6.04 Å². The van der Waals surface area contributed by atoms with Crippen LogP contribution in [-0.2, 0) is 0 Å². The summed E-state index contributed by atoms with van der Waals surface area (Å²) in [4.78, 5) is 20.9. The highest BCUT2D eigenvalue weighted by Gasteiger charge is 2.23. The van der Waals surface area contributed by atoms with Crippen LogP contribution in [0.4, 0.5) is 9.93 Å². The van der Waals surface area contributed by atoms with Crippen molar-refractivity contribution in [1.82, 2.24) is 15.2 Å². The van der Waals surface area contributed by atoms with E-state index in [-0.39, 0.29) is 12.1 Å². The van der Waals surface area contributed by atoms with Gasteiger partial charge in [-0.05, 0) is 18.6 Å². The van der Waals surface area contributed by atoms with E-state index in [1.807, 2.05) is 47.7 Å². The van der Waals surface area contributed by atoms with E-state index in [1.54, 1.807) is 11.3 Å². The minimum Gasteiger partial charge on any atom is -0.345 e. The van der Waals surface area contributed by atoms with Crippen molar-refractivity contribution < 1.29 is 4.79 Å². The molecule has 1 N–H and O–H groups in total. The number of nitrogens with one attached hydrogen (secondary N) is 1. The number of aromatic nitrogens is 1. The highest BCUT2D eigenvalue weighted by atomic mass is 79.9. The Labute approximate surface area is 148 Å². The first-order chi connectivity index (χ1) is 11.1. The molecule has 7 heteroatoms. The van der Waals surface area contributed by atoms with Gasteiger partial charge < -0.3 is 15.1 Å². The summed E-state index contributed by atoms with van der Waals surface area (Å²) in [6.45, 7) is 5.08. The number of thiazole rings is 1. The molecular weight excluding hydrogens is 376 g/mol. The Morgan fingerprint density at radius 1 is 1.30 bits per heavy atom. The number of amides is 2. The average molecular weight is 395 g/mol. The summed E-state index contributed by atoms with van der Waals surface area (Å²) >= 11 is 5.17. The quantitative estimate of drug-likeness (QED) is 0.866. The van der Waals surface area contributed by atoms with Gasteiger partial charge in [0.2, 0.25) is 0 Å². The van der Waals surface area contributed by atoms with Crippen LogP contribution in [0.2, 0.25) is 0 Å². The first kappa shape index (κ1) is 16.3. The van der Waals surface area contributed by atoms with Crippen molar-refractivity contribution in [2.24, 2.45) is 0 Å². The predicted octanol–water partition coefficient (Wildman–Crippen LogP) is 3.50. The van der Waals surface area contributed by atoms with Crippen LogP contribution in [-0.4, -0.2) is 42.1 Å². The minimum atomic E-state index is -0.0323. The maximum Gasteiger partial charge on any atom is 0.317 e. The number of halogens is 1. The van der Waals surface area contributed by atoms with Crippen molar-refractivity contribution in [2.75, 3.05) is 31.1 Å². The van der Waals surface area contributed by atoms with Gasteiger partial charge in [-0.3, -0.25) is 0 Å². The lowest BCUT2D eigenvalue weighted by Gasteiger charge is -2.35. The zero-order valence-electron chi connectivity index (χ0n) is 12.9. The maximum absolute atomic E-state index is 12.5. The van der Waals surface area contributed by atoms with Crippen LogP contribution in [0, 0.1) is 0 Å². The van der Waals surface area contributed by atoms with Crippen molar-refractivity contribution >= 4 is 38.4 Å². The Kier molecular flexibility index (Phi) is 5.17. The number of piperazine rings is 1. The van der Waals surface area contributed by atoms with E-state index in [2.05, 4.69) is 31.1 Å². The molecule has 0 saturated carbocycles. The Bertz CT molecular complexity index is 656. The summed E-state index contributed by atoms with van der Waals surface area (Å²) < 4.78 is 1.02. The standard InChI is InChI=1S/C16H19BrN4OS/c1-12(13-4-2-3-5-14(13)17)19-15(22)20-7-9-21(10-8-20)16-18-6-11-23-16/h2-6,11-12H,7-10H2,1H3,(H,19,22). The van der Waals surface area contributed by atoms with Crippen LogP contribution in [0.1, 0.15) is 18.5 Å². The van der Waals surface area contributed by atoms with Crippen LogP contribution in [0.3, 0.4) is 0 Å². The number of rotatable bonds is 3. The van der Waals surface area contributed by atoms with E-state index < -0.39 is 0 Å². The smallest absolute Gasteiger partial charge is 0.317 e. The third-order valence-corrected chi connectivity index (χ3v) is 5.52. The van der Waals surface area contributed by atoms with Gasteiger partial charge in [-0.1, -0.05) is 34.1 Å². The Morgan fingerprint density at radius 3 is 2.70 bits per heavy atom. The molecule has 3 rings (SSSR count). The van der Waals surface area contributed by atoms with Crippen LogP contribution < -0.4 is 10.2 Å². The van der Waals surface area contributed by atoms with Gasteiger partial charge in [0.1, 0.15) is 0 Å².